The van der Waals surface area contributed by atoms with Crippen molar-refractivity contribution in [3.63, 3.8) is 0 Å². The van der Waals surface area contributed by atoms with E-state index in [0.717, 1.165) is 44.9 Å². The Hall–Kier alpha value is -1.56. The van der Waals surface area contributed by atoms with Gasteiger partial charge in [0.1, 0.15) is 12.7 Å². The Labute approximate surface area is 158 Å². The number of likely N-dealkylation sites (N-methyl/N-ethyl adjacent to an activating group) is 1. The monoisotopic (exact) mass is 362 g/mol. The molecule has 1 aliphatic rings. The van der Waals surface area contributed by atoms with Crippen molar-refractivity contribution in [3.8, 4) is 11.5 Å². The highest BCUT2D eigenvalue weighted by Gasteiger charge is 2.14. The van der Waals surface area contributed by atoms with Gasteiger partial charge in [0.25, 0.3) is 0 Å². The van der Waals surface area contributed by atoms with Crippen LogP contribution in [0.5, 0.6) is 11.5 Å². The second kappa shape index (κ2) is 10.6. The first-order chi connectivity index (χ1) is 12.5. The molecule has 1 aromatic carbocycles. The van der Waals surface area contributed by atoms with E-state index in [1.54, 1.807) is 7.11 Å². The number of nitrogens with zero attached hydrogens (tertiary/aromatic N) is 2. The predicted molar refractivity (Wildman–Crippen MR) is 106 cm³/mol. The molecular weight excluding hydrogens is 328 g/mol. The number of rotatable bonds is 10. The van der Waals surface area contributed by atoms with E-state index in [1.807, 2.05) is 12.1 Å². The molecule has 1 heterocycles. The van der Waals surface area contributed by atoms with Gasteiger partial charge >= 0.3 is 0 Å². The largest absolute Gasteiger partial charge is 0.493 e. The molecule has 1 aliphatic heterocycles. The number of benzene rings is 1. The van der Waals surface area contributed by atoms with Gasteiger partial charge < -0.3 is 19.5 Å². The van der Waals surface area contributed by atoms with E-state index < -0.39 is 6.10 Å². The van der Waals surface area contributed by atoms with Crippen molar-refractivity contribution < 1.29 is 14.6 Å². The summed E-state index contributed by atoms with van der Waals surface area (Å²) in [6.07, 6.45) is 2.93. The van der Waals surface area contributed by atoms with Crippen molar-refractivity contribution in [1.82, 2.24) is 9.80 Å². The van der Waals surface area contributed by atoms with Crippen molar-refractivity contribution >= 4 is 0 Å². The lowest BCUT2D eigenvalue weighted by Crippen LogP contribution is -2.35. The highest BCUT2D eigenvalue weighted by Crippen LogP contribution is 2.29. The van der Waals surface area contributed by atoms with Crippen molar-refractivity contribution in [3.05, 3.63) is 35.4 Å². The lowest BCUT2D eigenvalue weighted by atomic mass is 10.1. The van der Waals surface area contributed by atoms with Crippen LogP contribution in [0, 0.1) is 0 Å². The number of hydrogen-bond donors (Lipinski definition) is 1. The Morgan fingerprint density at radius 1 is 1.23 bits per heavy atom. The topological polar surface area (TPSA) is 45.2 Å². The fourth-order valence-electron chi connectivity index (χ4n) is 3.16. The van der Waals surface area contributed by atoms with Crippen LogP contribution in [0.25, 0.3) is 0 Å². The summed E-state index contributed by atoms with van der Waals surface area (Å²) in [5, 5.41) is 10.2. The molecule has 26 heavy (non-hydrogen) atoms. The first-order valence-electron chi connectivity index (χ1n) is 9.63. The van der Waals surface area contributed by atoms with E-state index in [0.29, 0.717) is 12.3 Å². The maximum atomic E-state index is 10.2. The molecule has 1 N–H and O–H groups in total. The van der Waals surface area contributed by atoms with Crippen LogP contribution in [0.4, 0.5) is 0 Å². The van der Waals surface area contributed by atoms with Crippen LogP contribution >= 0.6 is 0 Å². The van der Waals surface area contributed by atoms with Crippen LogP contribution in [0.1, 0.15) is 32.8 Å². The van der Waals surface area contributed by atoms with E-state index >= 15 is 0 Å². The van der Waals surface area contributed by atoms with E-state index in [-0.39, 0.29) is 6.61 Å². The van der Waals surface area contributed by atoms with Crippen LogP contribution in [0.15, 0.2) is 29.8 Å². The molecule has 0 amide bonds. The summed E-state index contributed by atoms with van der Waals surface area (Å²) in [5.74, 6) is 1.41. The lowest BCUT2D eigenvalue weighted by molar-refractivity contribution is 0.0705. The molecule has 0 bridgehead atoms. The maximum Gasteiger partial charge on any atom is 0.161 e. The standard InChI is InChI=1S/C21H34N2O3/c1-5-22(6-2)15-19(24)16-26-20-8-7-18(13-21(20)25-4)14-23-11-9-17(3)10-12-23/h7-9,13,19,24H,5-6,10-12,14-16H2,1-4H3/t19-/m0/s1. The smallest absolute Gasteiger partial charge is 0.161 e. The van der Waals surface area contributed by atoms with Gasteiger partial charge in [-0.3, -0.25) is 4.90 Å². The number of ether oxygens (including phenoxy) is 2. The van der Waals surface area contributed by atoms with Gasteiger partial charge in [-0.25, -0.2) is 0 Å². The van der Waals surface area contributed by atoms with Gasteiger partial charge in [-0.2, -0.15) is 0 Å². The van der Waals surface area contributed by atoms with Crippen LogP contribution < -0.4 is 9.47 Å². The van der Waals surface area contributed by atoms with Crippen molar-refractivity contribution in [2.45, 2.75) is 39.8 Å². The maximum absolute atomic E-state index is 10.2. The number of aliphatic hydroxyl groups excluding tert-OH is 1. The van der Waals surface area contributed by atoms with E-state index in [1.165, 1.54) is 11.1 Å². The molecule has 2 rings (SSSR count). The Morgan fingerprint density at radius 2 is 2.00 bits per heavy atom. The number of hydrogen-bond acceptors (Lipinski definition) is 5. The minimum Gasteiger partial charge on any atom is -0.493 e. The zero-order chi connectivity index (χ0) is 18.9. The highest BCUT2D eigenvalue weighted by atomic mass is 16.5. The first kappa shape index (κ1) is 20.7. The minimum absolute atomic E-state index is 0.266. The molecule has 0 saturated heterocycles. The van der Waals surface area contributed by atoms with E-state index in [4.69, 9.17) is 9.47 Å². The predicted octanol–water partition coefficient (Wildman–Crippen LogP) is 2.93. The number of aliphatic hydroxyl groups is 1. The minimum atomic E-state index is -0.511. The van der Waals surface area contributed by atoms with E-state index in [2.05, 4.69) is 42.7 Å². The van der Waals surface area contributed by atoms with Crippen molar-refractivity contribution in [2.75, 3.05) is 46.4 Å². The highest BCUT2D eigenvalue weighted by molar-refractivity contribution is 5.43. The third kappa shape index (κ3) is 6.31. The summed E-state index contributed by atoms with van der Waals surface area (Å²) in [5.41, 5.74) is 2.69. The Kier molecular flexibility index (Phi) is 8.42. The Morgan fingerprint density at radius 3 is 2.62 bits per heavy atom. The molecule has 1 aromatic rings. The van der Waals surface area contributed by atoms with Gasteiger partial charge in [-0.05, 0) is 44.1 Å². The second-order valence-corrected chi connectivity index (χ2v) is 6.97. The summed E-state index contributed by atoms with van der Waals surface area (Å²) in [6, 6.07) is 6.07. The normalized spacial score (nSPS) is 16.5. The summed E-state index contributed by atoms with van der Waals surface area (Å²) in [6.45, 7) is 12.1. The molecule has 1 atom stereocenters. The van der Waals surface area contributed by atoms with Crippen LogP contribution in [-0.2, 0) is 6.54 Å². The van der Waals surface area contributed by atoms with Gasteiger partial charge in [0, 0.05) is 26.2 Å². The SMILES string of the molecule is CCN(CC)C[C@H](O)COc1ccc(CN2CC=C(C)CC2)cc1OC. The zero-order valence-corrected chi connectivity index (χ0v) is 16.7. The summed E-state index contributed by atoms with van der Waals surface area (Å²) in [4.78, 5) is 4.61. The molecule has 0 aromatic heterocycles. The molecule has 0 spiro atoms. The molecule has 0 saturated carbocycles. The van der Waals surface area contributed by atoms with E-state index in [9.17, 15) is 5.11 Å². The quantitative estimate of drug-likeness (QED) is 0.649. The Balaban J connectivity index is 1.91. The molecule has 0 aliphatic carbocycles. The van der Waals surface area contributed by atoms with Gasteiger partial charge in [0.05, 0.1) is 7.11 Å². The molecule has 0 radical (unpaired) electrons. The molecule has 0 fully saturated rings. The molecule has 5 nitrogen and oxygen atoms in total. The zero-order valence-electron chi connectivity index (χ0n) is 16.7. The van der Waals surface area contributed by atoms with Crippen molar-refractivity contribution in [1.29, 1.82) is 0 Å². The Bertz CT molecular complexity index is 585. The molecule has 0 unspecified atom stereocenters. The average Bonchev–Trinajstić information content (AvgIpc) is 2.66. The van der Waals surface area contributed by atoms with Crippen LogP contribution in [0.2, 0.25) is 0 Å². The lowest BCUT2D eigenvalue weighted by Gasteiger charge is -2.25. The van der Waals surface area contributed by atoms with Gasteiger partial charge in [-0.1, -0.05) is 31.6 Å². The molecule has 146 valence electrons. The molecule has 5 heteroatoms. The third-order valence-electron chi connectivity index (χ3n) is 4.95. The summed E-state index contributed by atoms with van der Waals surface area (Å²) < 4.78 is 11.3. The van der Waals surface area contributed by atoms with Crippen molar-refractivity contribution in [2.24, 2.45) is 0 Å². The van der Waals surface area contributed by atoms with Gasteiger partial charge in [-0.15, -0.1) is 0 Å². The third-order valence-corrected chi connectivity index (χ3v) is 4.95. The van der Waals surface area contributed by atoms with Gasteiger partial charge in [0.15, 0.2) is 11.5 Å². The average molecular weight is 363 g/mol. The fraction of sp³-hybridized carbons (Fsp3) is 0.619. The number of methoxy groups -OCH3 is 1. The summed E-state index contributed by atoms with van der Waals surface area (Å²) >= 11 is 0. The van der Waals surface area contributed by atoms with Crippen LogP contribution in [-0.4, -0.2) is 67.5 Å². The second-order valence-electron chi connectivity index (χ2n) is 6.97. The summed E-state index contributed by atoms with van der Waals surface area (Å²) in [7, 11) is 1.66. The fourth-order valence-corrected chi connectivity index (χ4v) is 3.16. The van der Waals surface area contributed by atoms with Gasteiger partial charge in [0.2, 0.25) is 0 Å². The van der Waals surface area contributed by atoms with Crippen LogP contribution in [0.3, 0.4) is 0 Å². The first-order valence-corrected chi connectivity index (χ1v) is 9.63. The molecular formula is C21H34N2O3.